The van der Waals surface area contributed by atoms with Crippen LogP contribution >= 0.6 is 0 Å². The average molecular weight is 807 g/mol. The van der Waals surface area contributed by atoms with Gasteiger partial charge < -0.3 is 28.9 Å². The Labute approximate surface area is 356 Å². The third-order valence-electron chi connectivity index (χ3n) is 10.7. The number of fused-ring (bicyclic) bond motifs is 8. The van der Waals surface area contributed by atoms with E-state index >= 15 is 0 Å². The summed E-state index contributed by atoms with van der Waals surface area (Å²) < 4.78 is 26.3. The Balaban J connectivity index is 1.45. The van der Waals surface area contributed by atoms with Gasteiger partial charge in [-0.15, -0.1) is 0 Å². The van der Waals surface area contributed by atoms with Gasteiger partial charge in [0.15, 0.2) is 0 Å². The van der Waals surface area contributed by atoms with Crippen LogP contribution < -0.4 is 18.9 Å². The van der Waals surface area contributed by atoms with Crippen molar-refractivity contribution >= 4 is 46.4 Å². The highest BCUT2D eigenvalue weighted by molar-refractivity contribution is 5.97. The summed E-state index contributed by atoms with van der Waals surface area (Å²) in [5.41, 5.74) is 10.5. The average Bonchev–Trinajstić information content (AvgIpc) is 4.03. The summed E-state index contributed by atoms with van der Waals surface area (Å²) in [4.78, 5) is 18.0. The van der Waals surface area contributed by atoms with Crippen LogP contribution in [0.15, 0.2) is 72.8 Å². The maximum atomic E-state index is 6.58. The maximum Gasteiger partial charge on any atom is 0.131 e. The zero-order valence-corrected chi connectivity index (χ0v) is 36.7. The molecule has 0 amide bonds. The van der Waals surface area contributed by atoms with E-state index in [0.29, 0.717) is 50.1 Å². The van der Waals surface area contributed by atoms with Gasteiger partial charge in [0, 0.05) is 33.2 Å². The SMILES string of the molecule is CC(C)CCOc1cccc(OCCC(C)C)c1-c1c2nc(cc3ccc([nH]3)c(-c3c(OCCC(C)C)cccc3OCCC(C)C)c3nc(cc4ccc1[nH]4)C=C3)C=C2. The molecule has 0 aliphatic carbocycles. The second kappa shape index (κ2) is 19.5. The highest BCUT2D eigenvalue weighted by Crippen LogP contribution is 2.45. The molecule has 2 aliphatic rings. The molecule has 314 valence electrons. The fourth-order valence-electron chi connectivity index (χ4n) is 7.21. The van der Waals surface area contributed by atoms with E-state index in [1.807, 2.05) is 36.4 Å². The molecule has 60 heavy (non-hydrogen) atoms. The van der Waals surface area contributed by atoms with Crippen molar-refractivity contribution in [2.24, 2.45) is 23.7 Å². The quantitative estimate of drug-likeness (QED) is 0.0897. The zero-order chi connectivity index (χ0) is 42.2. The van der Waals surface area contributed by atoms with Crippen molar-refractivity contribution in [1.82, 2.24) is 19.9 Å². The molecule has 3 aromatic heterocycles. The van der Waals surface area contributed by atoms with Gasteiger partial charge in [0.25, 0.3) is 0 Å². The summed E-state index contributed by atoms with van der Waals surface area (Å²) in [6.07, 6.45) is 12.1. The summed E-state index contributed by atoms with van der Waals surface area (Å²) in [7, 11) is 0. The van der Waals surface area contributed by atoms with Crippen LogP contribution in [-0.2, 0) is 0 Å². The molecule has 2 aliphatic heterocycles. The summed E-state index contributed by atoms with van der Waals surface area (Å²) in [5.74, 6) is 5.16. The predicted octanol–water partition coefficient (Wildman–Crippen LogP) is 13.7. The number of nitrogens with one attached hydrogen (secondary N) is 2. The molecule has 0 radical (unpaired) electrons. The van der Waals surface area contributed by atoms with Crippen LogP contribution in [0, 0.1) is 23.7 Å². The number of aromatic nitrogens is 4. The van der Waals surface area contributed by atoms with Crippen molar-refractivity contribution in [2.75, 3.05) is 26.4 Å². The number of ether oxygens (including phenoxy) is 4. The molecule has 8 bridgehead atoms. The molecular formula is C52H62N4O4. The lowest BCUT2D eigenvalue weighted by Gasteiger charge is -2.18. The van der Waals surface area contributed by atoms with E-state index in [4.69, 9.17) is 28.9 Å². The predicted molar refractivity (Wildman–Crippen MR) is 250 cm³/mol. The van der Waals surface area contributed by atoms with Crippen molar-refractivity contribution < 1.29 is 18.9 Å². The molecule has 0 spiro atoms. The molecular weight excluding hydrogens is 745 g/mol. The van der Waals surface area contributed by atoms with Crippen molar-refractivity contribution in [3.63, 3.8) is 0 Å². The molecule has 0 unspecified atom stereocenters. The third-order valence-corrected chi connectivity index (χ3v) is 10.7. The maximum absolute atomic E-state index is 6.58. The Morgan fingerprint density at radius 2 is 0.750 bits per heavy atom. The van der Waals surface area contributed by atoms with Gasteiger partial charge in [-0.05, 0) is 134 Å². The molecule has 2 N–H and O–H groups in total. The van der Waals surface area contributed by atoms with Crippen molar-refractivity contribution in [3.8, 4) is 45.3 Å². The highest BCUT2D eigenvalue weighted by Gasteiger charge is 2.23. The Morgan fingerprint density at radius 3 is 1.07 bits per heavy atom. The number of rotatable bonds is 18. The molecule has 5 aromatic rings. The molecule has 2 aromatic carbocycles. The molecule has 8 nitrogen and oxygen atoms in total. The zero-order valence-electron chi connectivity index (χ0n) is 36.7. The monoisotopic (exact) mass is 806 g/mol. The van der Waals surface area contributed by atoms with Gasteiger partial charge >= 0.3 is 0 Å². The fourth-order valence-corrected chi connectivity index (χ4v) is 7.21. The fraction of sp³-hybridized carbons (Fsp3) is 0.385. The van der Waals surface area contributed by atoms with E-state index in [-0.39, 0.29) is 0 Å². The Hall–Kier alpha value is -5.76. The summed E-state index contributed by atoms with van der Waals surface area (Å²) in [6, 6.07) is 24.8. The Bertz CT molecular complexity index is 2250. The first kappa shape index (κ1) is 42.4. The van der Waals surface area contributed by atoms with Crippen LogP contribution in [0.25, 0.3) is 68.6 Å². The van der Waals surface area contributed by atoms with Gasteiger partial charge in [0.05, 0.1) is 60.3 Å². The lowest BCUT2D eigenvalue weighted by atomic mass is 10.0. The van der Waals surface area contributed by atoms with Crippen LogP contribution in [0.1, 0.15) is 104 Å². The topological polar surface area (TPSA) is 94.3 Å². The minimum absolute atomic E-state index is 0.515. The van der Waals surface area contributed by atoms with Crippen LogP contribution in [-0.4, -0.2) is 46.4 Å². The molecule has 8 heteroatoms. The number of H-pyrrole nitrogens is 2. The van der Waals surface area contributed by atoms with E-state index in [1.165, 1.54) is 0 Å². The molecule has 0 atom stereocenters. The van der Waals surface area contributed by atoms with Gasteiger partial charge in [-0.25, -0.2) is 9.97 Å². The number of aromatic amines is 2. The van der Waals surface area contributed by atoms with Gasteiger partial charge in [0.2, 0.25) is 0 Å². The van der Waals surface area contributed by atoms with Crippen LogP contribution in [0.5, 0.6) is 23.0 Å². The van der Waals surface area contributed by atoms with Crippen LogP contribution in [0.4, 0.5) is 0 Å². The first-order valence-electron chi connectivity index (χ1n) is 21.9. The smallest absolute Gasteiger partial charge is 0.131 e. The summed E-state index contributed by atoms with van der Waals surface area (Å²) >= 11 is 0. The molecule has 7 rings (SSSR count). The van der Waals surface area contributed by atoms with Crippen molar-refractivity contribution in [2.45, 2.75) is 81.1 Å². The van der Waals surface area contributed by atoms with Crippen molar-refractivity contribution in [3.05, 3.63) is 95.6 Å². The second-order valence-corrected chi connectivity index (χ2v) is 17.6. The van der Waals surface area contributed by atoms with E-state index < -0.39 is 0 Å². The van der Waals surface area contributed by atoms with Gasteiger partial charge in [-0.1, -0.05) is 67.5 Å². The number of hydrogen-bond acceptors (Lipinski definition) is 6. The molecule has 0 saturated heterocycles. The minimum Gasteiger partial charge on any atom is -0.493 e. The third kappa shape index (κ3) is 10.5. The molecule has 5 heterocycles. The summed E-state index contributed by atoms with van der Waals surface area (Å²) in [6.45, 7) is 20.1. The standard InChI is InChI=1S/C52H62N4O4/c1-33(2)23-27-57-45-11-9-12-46(58-28-24-34(3)4)51(45)49-41-19-15-37(53-41)31-39-17-21-43(55-39)50(44-22-18-40(56-44)32-38-16-20-42(49)54-38)52-47(59-29-25-35(5)6)13-10-14-48(52)60-30-26-36(7)8/h9-22,31-36,53,56H,23-30H2,1-8H3. The van der Waals surface area contributed by atoms with E-state index in [1.54, 1.807) is 0 Å². The lowest BCUT2D eigenvalue weighted by molar-refractivity contribution is 0.278. The highest BCUT2D eigenvalue weighted by atomic mass is 16.5. The van der Waals surface area contributed by atoms with Gasteiger partial charge in [-0.3, -0.25) is 0 Å². The Kier molecular flexibility index (Phi) is 13.8. The molecule has 0 fully saturated rings. The van der Waals surface area contributed by atoms with Gasteiger partial charge in [0.1, 0.15) is 23.0 Å². The van der Waals surface area contributed by atoms with E-state index in [2.05, 4.69) is 126 Å². The number of benzene rings is 2. The van der Waals surface area contributed by atoms with E-state index in [0.717, 1.165) is 116 Å². The van der Waals surface area contributed by atoms with E-state index in [9.17, 15) is 0 Å². The Morgan fingerprint density at radius 1 is 0.417 bits per heavy atom. The minimum atomic E-state index is 0.515. The summed E-state index contributed by atoms with van der Waals surface area (Å²) in [5, 5.41) is 0. The second-order valence-electron chi connectivity index (χ2n) is 17.6. The van der Waals surface area contributed by atoms with Crippen LogP contribution in [0.2, 0.25) is 0 Å². The van der Waals surface area contributed by atoms with Gasteiger partial charge in [-0.2, -0.15) is 0 Å². The van der Waals surface area contributed by atoms with Crippen molar-refractivity contribution in [1.29, 1.82) is 0 Å². The van der Waals surface area contributed by atoms with Crippen LogP contribution in [0.3, 0.4) is 0 Å². The largest absolute Gasteiger partial charge is 0.493 e. The normalized spacial score (nSPS) is 12.3. The number of nitrogens with zero attached hydrogens (tertiary/aromatic N) is 2. The first-order chi connectivity index (χ1) is 29.0. The first-order valence-corrected chi connectivity index (χ1v) is 21.9. The molecule has 0 saturated carbocycles. The number of hydrogen-bond donors (Lipinski definition) is 2. The lowest BCUT2D eigenvalue weighted by Crippen LogP contribution is -2.06.